The van der Waals surface area contributed by atoms with E-state index >= 15 is 0 Å². The van der Waals surface area contributed by atoms with Crippen LogP contribution in [0.2, 0.25) is 0 Å². The van der Waals surface area contributed by atoms with Crippen LogP contribution < -0.4 is 5.32 Å². The predicted octanol–water partition coefficient (Wildman–Crippen LogP) is -0.177. The summed E-state index contributed by atoms with van der Waals surface area (Å²) in [5.74, 6) is -2.12. The quantitative estimate of drug-likeness (QED) is 0.459. The van der Waals surface area contributed by atoms with Crippen molar-refractivity contribution in [3.8, 4) is 0 Å². The first-order chi connectivity index (χ1) is 6.04. The minimum absolute atomic E-state index is 0.313. The number of aliphatic carboxylic acids is 2. The molecule has 0 radical (unpaired) electrons. The molecule has 0 aromatic heterocycles. The highest BCUT2D eigenvalue weighted by Crippen LogP contribution is 1.61. The Labute approximate surface area is 75.5 Å². The van der Waals surface area contributed by atoms with Crippen LogP contribution in [0.5, 0.6) is 0 Å². The summed E-state index contributed by atoms with van der Waals surface area (Å²) in [6.45, 7) is 1.12. The minimum atomic E-state index is -1.06. The number of rotatable bonds is 4. The molecule has 6 heteroatoms. The lowest BCUT2D eigenvalue weighted by atomic mass is 10.6. The van der Waals surface area contributed by atoms with Gasteiger partial charge in [-0.15, -0.1) is 0 Å². The molecule has 0 aliphatic carbocycles. The predicted molar refractivity (Wildman–Crippen MR) is 45.6 cm³/mol. The zero-order valence-corrected chi connectivity index (χ0v) is 7.23. The Bertz CT molecular complexity index is 160. The lowest BCUT2D eigenvalue weighted by molar-refractivity contribution is -0.137. The highest BCUT2D eigenvalue weighted by Gasteiger charge is 1.97. The van der Waals surface area contributed by atoms with Gasteiger partial charge >= 0.3 is 11.9 Å². The molecule has 76 valence electrons. The van der Waals surface area contributed by atoms with Gasteiger partial charge in [-0.05, 0) is 6.92 Å². The van der Waals surface area contributed by atoms with Crippen LogP contribution in [0.1, 0.15) is 6.92 Å². The maximum absolute atomic E-state index is 9.73. The monoisotopic (exact) mass is 191 g/mol. The van der Waals surface area contributed by atoms with Gasteiger partial charge in [-0.3, -0.25) is 14.9 Å². The van der Waals surface area contributed by atoms with Crippen LogP contribution in [0, 0.1) is 0 Å². The Morgan fingerprint density at radius 2 is 1.54 bits per heavy atom. The molecule has 0 amide bonds. The summed E-state index contributed by atoms with van der Waals surface area (Å²) >= 11 is 0. The standard InChI is InChI=1S/C4H7NO4.C3H6O/c6-3(7)1-5-2-4(8)9;1-2-3-4/h5H,1-2H2,(H,6,7)(H,8,9);2-4H,1H3. The Kier molecular flexibility index (Phi) is 11.2. The molecule has 13 heavy (non-hydrogen) atoms. The summed E-state index contributed by atoms with van der Waals surface area (Å²) in [5, 5.41) is 25.8. The van der Waals surface area contributed by atoms with E-state index in [0.29, 0.717) is 0 Å². The number of carbonyl (C=O) groups is 2. The summed E-state index contributed by atoms with van der Waals surface area (Å²) in [6, 6.07) is 0. The van der Waals surface area contributed by atoms with Crippen LogP contribution in [-0.2, 0) is 9.59 Å². The van der Waals surface area contributed by atoms with Crippen molar-refractivity contribution >= 4 is 11.9 Å². The van der Waals surface area contributed by atoms with Gasteiger partial charge in [0.05, 0.1) is 19.4 Å². The third-order valence-corrected chi connectivity index (χ3v) is 0.702. The van der Waals surface area contributed by atoms with Crippen molar-refractivity contribution in [3.63, 3.8) is 0 Å². The zero-order valence-electron chi connectivity index (χ0n) is 7.23. The largest absolute Gasteiger partial charge is 0.516 e. The van der Waals surface area contributed by atoms with Crippen LogP contribution in [0.25, 0.3) is 0 Å². The van der Waals surface area contributed by atoms with Crippen LogP contribution in [0.15, 0.2) is 12.3 Å². The fraction of sp³-hybridized carbons (Fsp3) is 0.429. The van der Waals surface area contributed by atoms with Gasteiger partial charge in [0.15, 0.2) is 0 Å². The molecule has 0 heterocycles. The fourth-order valence-corrected chi connectivity index (χ4v) is 0.276. The summed E-state index contributed by atoms with van der Waals surface area (Å²) in [7, 11) is 0. The fourth-order valence-electron chi connectivity index (χ4n) is 0.276. The first-order valence-corrected chi connectivity index (χ1v) is 3.44. The van der Waals surface area contributed by atoms with Gasteiger partial charge in [-0.1, -0.05) is 6.08 Å². The second-order valence-electron chi connectivity index (χ2n) is 1.87. The molecule has 0 saturated carbocycles. The highest BCUT2D eigenvalue weighted by atomic mass is 16.4. The van der Waals surface area contributed by atoms with Crippen molar-refractivity contribution in [1.82, 2.24) is 5.32 Å². The average molecular weight is 191 g/mol. The molecule has 0 rings (SSSR count). The summed E-state index contributed by atoms with van der Waals surface area (Å²) in [4.78, 5) is 19.5. The number of allylic oxidation sites excluding steroid dienone is 1. The molecule has 0 bridgehead atoms. The zero-order chi connectivity index (χ0) is 10.7. The third kappa shape index (κ3) is 25.1. The SMILES string of the molecule is CC=CO.O=C(O)CNCC(=O)O. The number of carboxylic acid groups (broad SMARTS) is 2. The van der Waals surface area contributed by atoms with Crippen molar-refractivity contribution < 1.29 is 24.9 Å². The molecule has 0 aliphatic heterocycles. The van der Waals surface area contributed by atoms with Gasteiger partial charge in [0, 0.05) is 0 Å². The number of aliphatic hydroxyl groups excluding tert-OH is 1. The minimum Gasteiger partial charge on any atom is -0.516 e. The van der Waals surface area contributed by atoms with Crippen molar-refractivity contribution in [2.75, 3.05) is 13.1 Å². The number of nitrogens with one attached hydrogen (secondary N) is 1. The summed E-state index contributed by atoms with van der Waals surface area (Å²) in [6.07, 6.45) is 2.56. The van der Waals surface area contributed by atoms with Gasteiger partial charge in [0.2, 0.25) is 0 Å². The Morgan fingerprint density at radius 3 is 1.69 bits per heavy atom. The molecule has 0 saturated heterocycles. The molecular weight excluding hydrogens is 178 g/mol. The van der Waals surface area contributed by atoms with Crippen LogP contribution in [0.3, 0.4) is 0 Å². The number of carboxylic acids is 2. The molecule has 0 aromatic carbocycles. The number of hydrogen-bond donors (Lipinski definition) is 4. The van der Waals surface area contributed by atoms with Gasteiger partial charge in [-0.25, -0.2) is 0 Å². The maximum Gasteiger partial charge on any atom is 0.317 e. The number of hydrogen-bond acceptors (Lipinski definition) is 4. The Hall–Kier alpha value is -1.56. The molecule has 0 atom stereocenters. The Morgan fingerprint density at radius 1 is 1.23 bits per heavy atom. The van der Waals surface area contributed by atoms with E-state index in [4.69, 9.17) is 15.3 Å². The first-order valence-electron chi connectivity index (χ1n) is 3.44. The molecule has 4 N–H and O–H groups in total. The molecule has 0 aromatic rings. The van der Waals surface area contributed by atoms with Crippen LogP contribution in [0.4, 0.5) is 0 Å². The van der Waals surface area contributed by atoms with Crippen molar-refractivity contribution in [1.29, 1.82) is 0 Å². The van der Waals surface area contributed by atoms with Crippen molar-refractivity contribution in [3.05, 3.63) is 12.3 Å². The van der Waals surface area contributed by atoms with Crippen LogP contribution in [-0.4, -0.2) is 40.3 Å². The molecule has 0 fully saturated rings. The normalized spacial score (nSPS) is 9.00. The van der Waals surface area contributed by atoms with E-state index in [-0.39, 0.29) is 13.1 Å². The van der Waals surface area contributed by atoms with Crippen LogP contribution >= 0.6 is 0 Å². The van der Waals surface area contributed by atoms with E-state index in [1.165, 1.54) is 0 Å². The second kappa shape index (κ2) is 10.4. The average Bonchev–Trinajstić information content (AvgIpc) is 2.03. The van der Waals surface area contributed by atoms with E-state index in [1.807, 2.05) is 0 Å². The van der Waals surface area contributed by atoms with E-state index in [2.05, 4.69) is 5.32 Å². The van der Waals surface area contributed by atoms with Gasteiger partial charge in [0.1, 0.15) is 0 Å². The van der Waals surface area contributed by atoms with Gasteiger partial charge in [-0.2, -0.15) is 0 Å². The van der Waals surface area contributed by atoms with Gasteiger partial charge in [0.25, 0.3) is 0 Å². The van der Waals surface area contributed by atoms with Crippen molar-refractivity contribution in [2.24, 2.45) is 0 Å². The highest BCUT2D eigenvalue weighted by molar-refractivity contribution is 5.72. The van der Waals surface area contributed by atoms with Crippen molar-refractivity contribution in [2.45, 2.75) is 6.92 Å². The Balaban J connectivity index is 0. The summed E-state index contributed by atoms with van der Waals surface area (Å²) in [5.41, 5.74) is 0. The molecule has 6 nitrogen and oxygen atoms in total. The second-order valence-corrected chi connectivity index (χ2v) is 1.87. The van der Waals surface area contributed by atoms with E-state index in [0.717, 1.165) is 6.26 Å². The number of aliphatic hydroxyl groups is 1. The smallest absolute Gasteiger partial charge is 0.317 e. The van der Waals surface area contributed by atoms with E-state index in [9.17, 15) is 9.59 Å². The lowest BCUT2D eigenvalue weighted by Gasteiger charge is -1.93. The maximum atomic E-state index is 9.73. The third-order valence-electron chi connectivity index (χ3n) is 0.702. The molecule has 0 spiro atoms. The molecule has 0 unspecified atom stereocenters. The first kappa shape index (κ1) is 14.0. The summed E-state index contributed by atoms with van der Waals surface area (Å²) < 4.78 is 0. The van der Waals surface area contributed by atoms with Gasteiger partial charge < -0.3 is 15.3 Å². The van der Waals surface area contributed by atoms with E-state index in [1.54, 1.807) is 13.0 Å². The molecular formula is C7H13NO5. The topological polar surface area (TPSA) is 107 Å². The lowest BCUT2D eigenvalue weighted by Crippen LogP contribution is -2.27. The van der Waals surface area contributed by atoms with E-state index < -0.39 is 11.9 Å². The molecule has 0 aliphatic rings.